The second-order valence-electron chi connectivity index (χ2n) is 2.76. The summed E-state index contributed by atoms with van der Waals surface area (Å²) in [5.41, 5.74) is 7.45. The van der Waals surface area contributed by atoms with Gasteiger partial charge in [-0.15, -0.1) is 0 Å². The normalized spacial score (nSPS) is 13.0. The molecule has 66 valence electrons. The zero-order valence-electron chi connectivity index (χ0n) is 6.85. The molecule has 1 nitrogen and oxygen atoms in total. The van der Waals surface area contributed by atoms with Gasteiger partial charge in [0.25, 0.3) is 0 Å². The zero-order chi connectivity index (χ0) is 9.14. The third-order valence-corrected chi connectivity index (χ3v) is 2.29. The Balaban J connectivity index is 3.01. The van der Waals surface area contributed by atoms with Crippen LogP contribution in [0.25, 0.3) is 0 Å². The molecule has 0 aliphatic rings. The first-order valence-electron chi connectivity index (χ1n) is 3.72. The fraction of sp³-hybridized carbons (Fsp3) is 0.333. The number of halogens is 2. The van der Waals surface area contributed by atoms with Crippen molar-refractivity contribution in [3.05, 3.63) is 33.8 Å². The van der Waals surface area contributed by atoms with E-state index in [0.717, 1.165) is 15.6 Å². The summed E-state index contributed by atoms with van der Waals surface area (Å²) >= 11 is 3.33. The van der Waals surface area contributed by atoms with Crippen LogP contribution >= 0.6 is 15.9 Å². The number of alkyl halides is 1. The molecule has 2 N–H and O–H groups in total. The molecule has 0 bridgehead atoms. The van der Waals surface area contributed by atoms with Crippen molar-refractivity contribution in [1.82, 2.24) is 0 Å². The average Bonchev–Trinajstić information content (AvgIpc) is 2.03. The largest absolute Gasteiger partial charge is 0.322 e. The summed E-state index contributed by atoms with van der Waals surface area (Å²) in [6.45, 7) is 1.41. The van der Waals surface area contributed by atoms with Crippen LogP contribution in [0.3, 0.4) is 0 Å². The Morgan fingerprint density at radius 3 is 2.75 bits per heavy atom. The number of rotatable bonds is 2. The van der Waals surface area contributed by atoms with Crippen LogP contribution in [0.4, 0.5) is 4.39 Å². The van der Waals surface area contributed by atoms with Gasteiger partial charge < -0.3 is 5.73 Å². The molecule has 3 heteroatoms. The van der Waals surface area contributed by atoms with Crippen LogP contribution in [0.2, 0.25) is 0 Å². The third-order valence-electron chi connectivity index (χ3n) is 1.80. The molecule has 0 saturated carbocycles. The van der Waals surface area contributed by atoms with Crippen molar-refractivity contribution in [3.63, 3.8) is 0 Å². The monoisotopic (exact) mass is 231 g/mol. The van der Waals surface area contributed by atoms with Gasteiger partial charge in [0, 0.05) is 4.47 Å². The summed E-state index contributed by atoms with van der Waals surface area (Å²) < 4.78 is 13.2. The van der Waals surface area contributed by atoms with E-state index in [1.807, 2.05) is 25.1 Å². The van der Waals surface area contributed by atoms with E-state index in [2.05, 4.69) is 15.9 Å². The van der Waals surface area contributed by atoms with Gasteiger partial charge in [-0.2, -0.15) is 0 Å². The minimum atomic E-state index is -0.511. The molecule has 0 aliphatic carbocycles. The molecule has 0 radical (unpaired) electrons. The molecule has 1 aromatic rings. The first kappa shape index (κ1) is 9.68. The van der Waals surface area contributed by atoms with E-state index in [4.69, 9.17) is 5.73 Å². The van der Waals surface area contributed by atoms with Crippen LogP contribution in [-0.2, 0) is 0 Å². The molecule has 0 saturated heterocycles. The Hall–Kier alpha value is -0.410. The smallest absolute Gasteiger partial charge is 0.109 e. The summed E-state index contributed by atoms with van der Waals surface area (Å²) in [6.07, 6.45) is 0. The highest BCUT2D eigenvalue weighted by atomic mass is 79.9. The van der Waals surface area contributed by atoms with Crippen molar-refractivity contribution < 1.29 is 4.39 Å². The maximum atomic E-state index is 12.2. The predicted molar refractivity (Wildman–Crippen MR) is 51.8 cm³/mol. The standard InChI is InChI=1S/C9H11BrFN/c1-6-4-7(10)2-3-8(6)9(12)5-11/h2-4,9H,5,12H2,1H3. The summed E-state index contributed by atoms with van der Waals surface area (Å²) in [5.74, 6) is 0. The molecule has 0 amide bonds. The van der Waals surface area contributed by atoms with Gasteiger partial charge in [-0.1, -0.05) is 22.0 Å². The number of hydrogen-bond acceptors (Lipinski definition) is 1. The molecule has 0 aliphatic heterocycles. The summed E-state index contributed by atoms with van der Waals surface area (Å²) in [4.78, 5) is 0. The molecule has 0 heterocycles. The van der Waals surface area contributed by atoms with Gasteiger partial charge in [-0.3, -0.25) is 0 Å². The molecule has 1 rings (SSSR count). The topological polar surface area (TPSA) is 26.0 Å². The van der Waals surface area contributed by atoms with E-state index in [1.54, 1.807) is 0 Å². The number of benzene rings is 1. The summed E-state index contributed by atoms with van der Waals surface area (Å²) in [7, 11) is 0. The van der Waals surface area contributed by atoms with Crippen molar-refractivity contribution in [2.45, 2.75) is 13.0 Å². The van der Waals surface area contributed by atoms with Crippen molar-refractivity contribution >= 4 is 15.9 Å². The third kappa shape index (κ3) is 2.05. The van der Waals surface area contributed by atoms with Gasteiger partial charge in [0.1, 0.15) is 6.67 Å². The minimum Gasteiger partial charge on any atom is -0.322 e. The Kier molecular flexibility index (Phi) is 3.23. The lowest BCUT2D eigenvalue weighted by molar-refractivity contribution is 0.436. The minimum absolute atomic E-state index is 0.488. The van der Waals surface area contributed by atoms with E-state index in [-0.39, 0.29) is 0 Å². The number of nitrogens with two attached hydrogens (primary N) is 1. The highest BCUT2D eigenvalue weighted by molar-refractivity contribution is 9.10. The van der Waals surface area contributed by atoms with Crippen LogP contribution in [0.15, 0.2) is 22.7 Å². The molecular formula is C9H11BrFN. The lowest BCUT2D eigenvalue weighted by Gasteiger charge is -2.10. The van der Waals surface area contributed by atoms with Crippen molar-refractivity contribution in [2.75, 3.05) is 6.67 Å². The van der Waals surface area contributed by atoms with Crippen LogP contribution < -0.4 is 5.73 Å². The molecule has 0 aromatic heterocycles. The molecule has 1 unspecified atom stereocenters. The van der Waals surface area contributed by atoms with Crippen molar-refractivity contribution in [2.24, 2.45) is 5.73 Å². The van der Waals surface area contributed by atoms with E-state index >= 15 is 0 Å². The lowest BCUT2D eigenvalue weighted by Crippen LogP contribution is -2.13. The second kappa shape index (κ2) is 4.01. The zero-order valence-corrected chi connectivity index (χ0v) is 8.44. The molecule has 12 heavy (non-hydrogen) atoms. The van der Waals surface area contributed by atoms with E-state index in [9.17, 15) is 4.39 Å². The van der Waals surface area contributed by atoms with Gasteiger partial charge >= 0.3 is 0 Å². The Bertz CT molecular complexity index is 275. The van der Waals surface area contributed by atoms with Gasteiger partial charge in [0.2, 0.25) is 0 Å². The average molecular weight is 232 g/mol. The predicted octanol–water partition coefficient (Wildman–Crippen LogP) is 2.73. The second-order valence-corrected chi connectivity index (χ2v) is 3.68. The maximum absolute atomic E-state index is 12.2. The number of aryl methyl sites for hydroxylation is 1. The van der Waals surface area contributed by atoms with E-state index in [1.165, 1.54) is 0 Å². The fourth-order valence-electron chi connectivity index (χ4n) is 1.14. The van der Waals surface area contributed by atoms with Crippen LogP contribution in [0.5, 0.6) is 0 Å². The van der Waals surface area contributed by atoms with Crippen LogP contribution in [0, 0.1) is 6.92 Å². The molecule has 1 aromatic carbocycles. The summed E-state index contributed by atoms with van der Waals surface area (Å²) in [6, 6.07) is 5.17. The Morgan fingerprint density at radius 2 is 2.25 bits per heavy atom. The Morgan fingerprint density at radius 1 is 1.58 bits per heavy atom. The number of hydrogen-bond donors (Lipinski definition) is 1. The van der Waals surface area contributed by atoms with E-state index in [0.29, 0.717) is 0 Å². The van der Waals surface area contributed by atoms with Gasteiger partial charge in [-0.05, 0) is 30.2 Å². The summed E-state index contributed by atoms with van der Waals surface area (Å²) in [5, 5.41) is 0. The van der Waals surface area contributed by atoms with Crippen molar-refractivity contribution in [1.29, 1.82) is 0 Å². The molecule has 0 spiro atoms. The van der Waals surface area contributed by atoms with Gasteiger partial charge in [-0.25, -0.2) is 4.39 Å². The quantitative estimate of drug-likeness (QED) is 0.833. The lowest BCUT2D eigenvalue weighted by atomic mass is 10.0. The molecule has 1 atom stereocenters. The molecule has 0 fully saturated rings. The highest BCUT2D eigenvalue weighted by Gasteiger charge is 2.07. The first-order valence-corrected chi connectivity index (χ1v) is 4.52. The van der Waals surface area contributed by atoms with Crippen LogP contribution in [-0.4, -0.2) is 6.67 Å². The van der Waals surface area contributed by atoms with Crippen LogP contribution in [0.1, 0.15) is 17.2 Å². The van der Waals surface area contributed by atoms with E-state index < -0.39 is 12.7 Å². The Labute approximate surface area is 79.9 Å². The fourth-order valence-corrected chi connectivity index (χ4v) is 1.61. The van der Waals surface area contributed by atoms with Gasteiger partial charge in [0.05, 0.1) is 6.04 Å². The first-order chi connectivity index (χ1) is 5.65. The highest BCUT2D eigenvalue weighted by Crippen LogP contribution is 2.20. The molecular weight excluding hydrogens is 221 g/mol. The van der Waals surface area contributed by atoms with Gasteiger partial charge in [0.15, 0.2) is 0 Å². The SMILES string of the molecule is Cc1cc(Br)ccc1C(N)CF. The maximum Gasteiger partial charge on any atom is 0.109 e. The van der Waals surface area contributed by atoms with Crippen molar-refractivity contribution in [3.8, 4) is 0 Å².